The zero-order valence-electron chi connectivity index (χ0n) is 14.6. The summed E-state index contributed by atoms with van der Waals surface area (Å²) in [6.45, 7) is 1.89. The van der Waals surface area contributed by atoms with Crippen molar-refractivity contribution in [2.24, 2.45) is 0 Å². The monoisotopic (exact) mass is 385 g/mol. The van der Waals surface area contributed by atoms with Gasteiger partial charge < -0.3 is 4.90 Å². The molecule has 0 aliphatic heterocycles. The molecule has 1 heterocycles. The number of nitro groups is 1. The van der Waals surface area contributed by atoms with E-state index in [1.165, 1.54) is 29.4 Å². The van der Waals surface area contributed by atoms with Crippen molar-refractivity contribution in [3.05, 3.63) is 81.4 Å². The molecule has 1 aromatic heterocycles. The molecule has 0 fully saturated rings. The molecule has 9 heteroatoms. The van der Waals surface area contributed by atoms with Crippen LogP contribution in [0.15, 0.2) is 55.1 Å². The Morgan fingerprint density at radius 1 is 1.26 bits per heavy atom. The first-order valence-electron chi connectivity index (χ1n) is 8.04. The Hall–Kier alpha value is -3.26. The third-order valence-corrected chi connectivity index (χ3v) is 4.67. The second-order valence-electron chi connectivity index (χ2n) is 5.94. The smallest absolute Gasteiger partial charge is 0.270 e. The normalized spacial score (nSPS) is 11.8. The molecule has 0 radical (unpaired) electrons. The maximum absolute atomic E-state index is 12.8. The minimum atomic E-state index is -0.552. The van der Waals surface area contributed by atoms with E-state index in [0.717, 1.165) is 11.3 Å². The first-order valence-corrected chi connectivity index (χ1v) is 8.42. The first-order chi connectivity index (χ1) is 12.9. The van der Waals surface area contributed by atoms with Gasteiger partial charge in [0, 0.05) is 19.2 Å². The Bertz CT molecular complexity index is 973. The van der Waals surface area contributed by atoms with E-state index in [4.69, 9.17) is 11.6 Å². The average molecular weight is 386 g/mol. The van der Waals surface area contributed by atoms with Gasteiger partial charge in [-0.05, 0) is 30.7 Å². The molecule has 2 aromatic carbocycles. The van der Waals surface area contributed by atoms with Crippen LogP contribution in [0.3, 0.4) is 0 Å². The summed E-state index contributed by atoms with van der Waals surface area (Å²) in [7, 11) is 1.66. The predicted molar refractivity (Wildman–Crippen MR) is 100.0 cm³/mol. The van der Waals surface area contributed by atoms with E-state index in [-0.39, 0.29) is 28.2 Å². The highest BCUT2D eigenvalue weighted by atomic mass is 35.5. The summed E-state index contributed by atoms with van der Waals surface area (Å²) < 4.78 is 1.64. The number of carbonyl (C=O) groups is 1. The molecule has 1 unspecified atom stereocenters. The van der Waals surface area contributed by atoms with E-state index >= 15 is 0 Å². The molecule has 1 atom stereocenters. The van der Waals surface area contributed by atoms with Crippen LogP contribution in [0.5, 0.6) is 0 Å². The van der Waals surface area contributed by atoms with Gasteiger partial charge in [-0.2, -0.15) is 5.10 Å². The molecule has 3 aromatic rings. The Balaban J connectivity index is 1.79. The van der Waals surface area contributed by atoms with Crippen LogP contribution in [-0.2, 0) is 0 Å². The first kappa shape index (κ1) is 18.5. The number of hydrogen-bond acceptors (Lipinski definition) is 5. The van der Waals surface area contributed by atoms with Gasteiger partial charge in [0.2, 0.25) is 0 Å². The molecule has 0 spiro atoms. The number of nitrogens with zero attached hydrogens (tertiary/aromatic N) is 5. The number of non-ortho nitro benzene ring substituents is 1. The summed E-state index contributed by atoms with van der Waals surface area (Å²) in [6, 6.07) is 11.2. The molecule has 3 rings (SSSR count). The Kier molecular flexibility index (Phi) is 5.18. The maximum Gasteiger partial charge on any atom is 0.270 e. The van der Waals surface area contributed by atoms with Gasteiger partial charge in [-0.3, -0.25) is 14.9 Å². The van der Waals surface area contributed by atoms with Crippen molar-refractivity contribution < 1.29 is 9.72 Å². The molecule has 0 N–H and O–H groups in total. The Morgan fingerprint density at radius 2 is 1.96 bits per heavy atom. The summed E-state index contributed by atoms with van der Waals surface area (Å²) in [5.74, 6) is -0.317. The summed E-state index contributed by atoms with van der Waals surface area (Å²) >= 11 is 6.07. The number of amides is 1. The molecule has 138 valence electrons. The van der Waals surface area contributed by atoms with Crippen LogP contribution in [0.4, 0.5) is 5.69 Å². The van der Waals surface area contributed by atoms with Gasteiger partial charge in [-0.25, -0.2) is 9.67 Å². The number of benzene rings is 2. The van der Waals surface area contributed by atoms with Gasteiger partial charge in [0.1, 0.15) is 12.7 Å². The van der Waals surface area contributed by atoms with Crippen LogP contribution >= 0.6 is 11.6 Å². The van der Waals surface area contributed by atoms with Crippen LogP contribution in [0, 0.1) is 10.1 Å². The van der Waals surface area contributed by atoms with Crippen molar-refractivity contribution in [3.63, 3.8) is 0 Å². The summed E-state index contributed by atoms with van der Waals surface area (Å²) in [5.41, 5.74) is 1.84. The predicted octanol–water partition coefficient (Wildman–Crippen LogP) is 3.66. The fraction of sp³-hybridized carbons (Fsp3) is 0.167. The lowest BCUT2D eigenvalue weighted by atomic mass is 10.1. The molecule has 0 saturated carbocycles. The number of aromatic nitrogens is 3. The summed E-state index contributed by atoms with van der Waals surface area (Å²) in [5, 5.41) is 14.9. The molecule has 0 saturated heterocycles. The minimum Gasteiger partial charge on any atom is -0.335 e. The fourth-order valence-corrected chi connectivity index (χ4v) is 2.88. The topological polar surface area (TPSA) is 94.2 Å². The van der Waals surface area contributed by atoms with Crippen molar-refractivity contribution in [2.75, 3.05) is 7.05 Å². The number of nitro benzene ring substituents is 1. The highest BCUT2D eigenvalue weighted by Gasteiger charge is 2.22. The molecule has 1 amide bonds. The number of hydrogen-bond donors (Lipinski definition) is 0. The van der Waals surface area contributed by atoms with Crippen molar-refractivity contribution in [1.29, 1.82) is 0 Å². The van der Waals surface area contributed by atoms with Gasteiger partial charge in [-0.1, -0.05) is 23.7 Å². The summed E-state index contributed by atoms with van der Waals surface area (Å²) in [4.78, 5) is 28.5. The van der Waals surface area contributed by atoms with E-state index in [0.29, 0.717) is 0 Å². The molecule has 0 aliphatic rings. The lowest BCUT2D eigenvalue weighted by Gasteiger charge is -2.26. The highest BCUT2D eigenvalue weighted by Crippen LogP contribution is 2.27. The van der Waals surface area contributed by atoms with Gasteiger partial charge in [0.15, 0.2) is 0 Å². The van der Waals surface area contributed by atoms with Gasteiger partial charge in [0.25, 0.3) is 11.6 Å². The second-order valence-corrected chi connectivity index (χ2v) is 6.35. The lowest BCUT2D eigenvalue weighted by Crippen LogP contribution is -2.29. The Labute approximate surface area is 160 Å². The van der Waals surface area contributed by atoms with Crippen LogP contribution in [0.1, 0.15) is 28.9 Å². The Morgan fingerprint density at radius 3 is 2.52 bits per heavy atom. The zero-order chi connectivity index (χ0) is 19.6. The number of halogens is 1. The van der Waals surface area contributed by atoms with Crippen LogP contribution in [0.2, 0.25) is 5.02 Å². The third-order valence-electron chi connectivity index (χ3n) is 4.35. The average Bonchev–Trinajstić information content (AvgIpc) is 3.21. The van der Waals surface area contributed by atoms with Crippen LogP contribution in [0.25, 0.3) is 5.69 Å². The van der Waals surface area contributed by atoms with E-state index in [9.17, 15) is 14.9 Å². The zero-order valence-corrected chi connectivity index (χ0v) is 15.4. The molecule has 27 heavy (non-hydrogen) atoms. The minimum absolute atomic E-state index is 0.0507. The molecule has 0 aliphatic carbocycles. The van der Waals surface area contributed by atoms with Gasteiger partial charge in [0.05, 0.1) is 27.2 Å². The van der Waals surface area contributed by atoms with Crippen molar-refractivity contribution >= 4 is 23.2 Å². The van der Waals surface area contributed by atoms with Gasteiger partial charge >= 0.3 is 0 Å². The summed E-state index contributed by atoms with van der Waals surface area (Å²) in [6.07, 6.45) is 3.06. The number of rotatable bonds is 5. The highest BCUT2D eigenvalue weighted by molar-refractivity contribution is 6.34. The van der Waals surface area contributed by atoms with Crippen molar-refractivity contribution in [1.82, 2.24) is 19.7 Å². The molecular formula is C18H16ClN5O3. The lowest BCUT2D eigenvalue weighted by molar-refractivity contribution is -0.384. The third kappa shape index (κ3) is 3.80. The van der Waals surface area contributed by atoms with Crippen LogP contribution < -0.4 is 0 Å². The van der Waals surface area contributed by atoms with Crippen molar-refractivity contribution in [3.8, 4) is 5.69 Å². The molecule has 0 bridgehead atoms. The standard InChI is InChI=1S/C18H16ClN5O3/c1-12(13-3-5-14(6-4-13)23-11-20-10-21-23)22(2)18(25)16-8-7-15(24(26)27)9-17(16)19/h3-12H,1-2H3. The van der Waals surface area contributed by atoms with E-state index in [2.05, 4.69) is 10.1 Å². The molecular weight excluding hydrogens is 370 g/mol. The van der Waals surface area contributed by atoms with Gasteiger partial charge in [-0.15, -0.1) is 0 Å². The fourth-order valence-electron chi connectivity index (χ4n) is 2.63. The van der Waals surface area contributed by atoms with E-state index in [1.54, 1.807) is 18.1 Å². The van der Waals surface area contributed by atoms with E-state index in [1.807, 2.05) is 31.2 Å². The largest absolute Gasteiger partial charge is 0.335 e. The van der Waals surface area contributed by atoms with E-state index < -0.39 is 4.92 Å². The van der Waals surface area contributed by atoms with Crippen LogP contribution in [-0.4, -0.2) is 37.5 Å². The quantitative estimate of drug-likeness (QED) is 0.493. The molecule has 8 nitrogen and oxygen atoms in total. The second kappa shape index (κ2) is 7.55. The SMILES string of the molecule is CC(c1ccc(-n2cncn2)cc1)N(C)C(=O)c1ccc([N+](=O)[O-])cc1Cl. The number of carbonyl (C=O) groups excluding carboxylic acids is 1. The van der Waals surface area contributed by atoms with Crippen molar-refractivity contribution in [2.45, 2.75) is 13.0 Å². The maximum atomic E-state index is 12.8.